The van der Waals surface area contributed by atoms with Gasteiger partial charge in [-0.25, -0.2) is 4.98 Å². The molecule has 1 amide bonds. The number of benzene rings is 3. The summed E-state index contributed by atoms with van der Waals surface area (Å²) in [6, 6.07) is 26.8. The Morgan fingerprint density at radius 2 is 1.56 bits per heavy atom. The van der Waals surface area contributed by atoms with Gasteiger partial charge in [0.1, 0.15) is 5.03 Å². The van der Waals surface area contributed by atoms with Gasteiger partial charge in [0.15, 0.2) is 11.5 Å². The molecule has 2 aliphatic heterocycles. The van der Waals surface area contributed by atoms with Gasteiger partial charge in [-0.1, -0.05) is 60.3 Å². The molecule has 1 fully saturated rings. The average molecular weight is 498 g/mol. The summed E-state index contributed by atoms with van der Waals surface area (Å²) in [6.07, 6.45) is 0.754. The molecule has 0 N–H and O–H groups in total. The molecule has 36 heavy (non-hydrogen) atoms. The van der Waals surface area contributed by atoms with Gasteiger partial charge in [0.2, 0.25) is 12.7 Å². The van der Waals surface area contributed by atoms with E-state index in [0.29, 0.717) is 11.5 Å². The standard InChI is InChI=1S/C29H27N3O3S/c33-28(32-13-11-31(12-14-32)24-9-5-2-6-10-24)19-36-29-23(15-21-7-3-1-4-8-21)16-22-17-26-27(35-20-34-26)18-25(22)30-29/h1-10,16-18H,11-15,19-20H2. The van der Waals surface area contributed by atoms with Crippen molar-refractivity contribution in [1.29, 1.82) is 0 Å². The first-order valence-electron chi connectivity index (χ1n) is 12.2. The van der Waals surface area contributed by atoms with E-state index in [4.69, 9.17) is 14.5 Å². The molecule has 0 aliphatic carbocycles. The summed E-state index contributed by atoms with van der Waals surface area (Å²) in [5.41, 5.74) is 4.39. The van der Waals surface area contributed by atoms with Gasteiger partial charge in [-0.2, -0.15) is 0 Å². The number of nitrogens with zero attached hydrogens (tertiary/aromatic N) is 3. The number of thioether (sulfide) groups is 1. The molecular weight excluding hydrogens is 470 g/mol. The number of para-hydroxylation sites is 1. The highest BCUT2D eigenvalue weighted by Gasteiger charge is 2.22. The second kappa shape index (κ2) is 10.1. The van der Waals surface area contributed by atoms with Gasteiger partial charge in [0.05, 0.1) is 11.3 Å². The normalized spacial score (nSPS) is 14.9. The predicted octanol–water partition coefficient (Wildman–Crippen LogP) is 5.00. The van der Waals surface area contributed by atoms with E-state index in [2.05, 4.69) is 47.4 Å². The van der Waals surface area contributed by atoms with E-state index in [-0.39, 0.29) is 12.7 Å². The Balaban J connectivity index is 1.18. The van der Waals surface area contributed by atoms with Crippen molar-refractivity contribution in [3.05, 3.63) is 90.0 Å². The van der Waals surface area contributed by atoms with E-state index in [1.807, 2.05) is 41.3 Å². The number of carbonyl (C=O) groups excluding carboxylic acids is 1. The maximum atomic E-state index is 13.1. The lowest BCUT2D eigenvalue weighted by atomic mass is 10.0. The van der Waals surface area contributed by atoms with Crippen LogP contribution in [-0.2, 0) is 11.2 Å². The highest BCUT2D eigenvalue weighted by Crippen LogP contribution is 2.37. The summed E-state index contributed by atoms with van der Waals surface area (Å²) in [5, 5.41) is 1.90. The van der Waals surface area contributed by atoms with Gasteiger partial charge < -0.3 is 19.3 Å². The van der Waals surface area contributed by atoms with E-state index in [1.54, 1.807) is 0 Å². The van der Waals surface area contributed by atoms with E-state index >= 15 is 0 Å². The van der Waals surface area contributed by atoms with Gasteiger partial charge in [0.25, 0.3) is 0 Å². The summed E-state index contributed by atoms with van der Waals surface area (Å²) >= 11 is 1.53. The van der Waals surface area contributed by atoms with Crippen molar-refractivity contribution in [2.24, 2.45) is 0 Å². The SMILES string of the molecule is O=C(CSc1nc2cc3c(cc2cc1Cc1ccccc1)OCO3)N1CCN(c2ccccc2)CC1. The van der Waals surface area contributed by atoms with Crippen molar-refractivity contribution >= 4 is 34.3 Å². The summed E-state index contributed by atoms with van der Waals surface area (Å²) in [6.45, 7) is 3.40. The minimum Gasteiger partial charge on any atom is -0.454 e. The van der Waals surface area contributed by atoms with Crippen LogP contribution in [0, 0.1) is 0 Å². The molecule has 1 saturated heterocycles. The van der Waals surface area contributed by atoms with Crippen molar-refractivity contribution in [3.63, 3.8) is 0 Å². The van der Waals surface area contributed by atoms with Crippen molar-refractivity contribution < 1.29 is 14.3 Å². The van der Waals surface area contributed by atoms with Crippen LogP contribution < -0.4 is 14.4 Å². The van der Waals surface area contributed by atoms with Crippen molar-refractivity contribution in [3.8, 4) is 11.5 Å². The lowest BCUT2D eigenvalue weighted by Gasteiger charge is -2.36. The van der Waals surface area contributed by atoms with Crippen molar-refractivity contribution in [2.75, 3.05) is 43.6 Å². The number of hydrogen-bond acceptors (Lipinski definition) is 6. The Labute approximate surface area is 214 Å². The first-order valence-corrected chi connectivity index (χ1v) is 13.2. The average Bonchev–Trinajstić information content (AvgIpc) is 3.39. The number of ether oxygens (including phenoxy) is 2. The molecule has 4 aromatic rings. The largest absolute Gasteiger partial charge is 0.454 e. The molecule has 182 valence electrons. The van der Waals surface area contributed by atoms with Gasteiger partial charge in [-0.3, -0.25) is 4.79 Å². The molecule has 7 heteroatoms. The number of piperazine rings is 1. The zero-order valence-electron chi connectivity index (χ0n) is 19.9. The molecule has 0 bridgehead atoms. The minimum absolute atomic E-state index is 0.158. The predicted molar refractivity (Wildman–Crippen MR) is 143 cm³/mol. The van der Waals surface area contributed by atoms with Gasteiger partial charge in [-0.15, -0.1) is 0 Å². The van der Waals surface area contributed by atoms with Crippen LogP contribution in [0.1, 0.15) is 11.1 Å². The molecule has 0 spiro atoms. The minimum atomic E-state index is 0.158. The highest BCUT2D eigenvalue weighted by atomic mass is 32.2. The smallest absolute Gasteiger partial charge is 0.233 e. The fourth-order valence-corrected chi connectivity index (χ4v) is 5.65. The third-order valence-corrected chi connectivity index (χ3v) is 7.69. The molecule has 3 aromatic carbocycles. The Kier molecular flexibility index (Phi) is 6.38. The first-order chi connectivity index (χ1) is 17.7. The summed E-state index contributed by atoms with van der Waals surface area (Å²) < 4.78 is 11.1. The number of fused-ring (bicyclic) bond motifs is 2. The van der Waals surface area contributed by atoms with Gasteiger partial charge in [-0.05, 0) is 35.4 Å². The maximum Gasteiger partial charge on any atom is 0.233 e. The number of carbonyl (C=O) groups is 1. The number of hydrogen-bond donors (Lipinski definition) is 0. The molecule has 6 nitrogen and oxygen atoms in total. The Morgan fingerprint density at radius 3 is 2.31 bits per heavy atom. The second-order valence-electron chi connectivity index (χ2n) is 9.01. The maximum absolute atomic E-state index is 13.1. The summed E-state index contributed by atoms with van der Waals surface area (Å²) in [4.78, 5) is 22.4. The van der Waals surface area contributed by atoms with Crippen molar-refractivity contribution in [2.45, 2.75) is 11.4 Å². The lowest BCUT2D eigenvalue weighted by molar-refractivity contribution is -0.128. The molecule has 2 aliphatic rings. The van der Waals surface area contributed by atoms with Crippen LogP contribution in [-0.4, -0.2) is 54.5 Å². The van der Waals surface area contributed by atoms with Crippen LogP contribution in [0.5, 0.6) is 11.5 Å². The van der Waals surface area contributed by atoms with E-state index < -0.39 is 0 Å². The van der Waals surface area contributed by atoms with Gasteiger partial charge in [0, 0.05) is 49.7 Å². The monoisotopic (exact) mass is 497 g/mol. The van der Waals surface area contributed by atoms with Crippen LogP contribution in [0.25, 0.3) is 10.9 Å². The Bertz CT molecular complexity index is 1370. The molecule has 3 heterocycles. The van der Waals surface area contributed by atoms with Crippen molar-refractivity contribution in [1.82, 2.24) is 9.88 Å². The number of rotatable bonds is 6. The molecule has 1 aromatic heterocycles. The van der Waals surface area contributed by atoms with Crippen LogP contribution in [0.2, 0.25) is 0 Å². The fourth-order valence-electron chi connectivity index (χ4n) is 4.73. The second-order valence-corrected chi connectivity index (χ2v) is 9.97. The van der Waals surface area contributed by atoms with Crippen LogP contribution in [0.4, 0.5) is 5.69 Å². The number of aromatic nitrogens is 1. The Morgan fingerprint density at radius 1 is 0.861 bits per heavy atom. The third-order valence-electron chi connectivity index (χ3n) is 6.67. The van der Waals surface area contributed by atoms with E-state index in [1.165, 1.54) is 23.0 Å². The zero-order valence-corrected chi connectivity index (χ0v) is 20.7. The molecule has 0 saturated carbocycles. The molecule has 6 rings (SSSR count). The quantitative estimate of drug-likeness (QED) is 0.350. The molecule has 0 atom stereocenters. The number of pyridine rings is 1. The molecule has 0 unspecified atom stereocenters. The molecule has 0 radical (unpaired) electrons. The number of anilines is 1. The van der Waals surface area contributed by atoms with Crippen LogP contribution in [0.3, 0.4) is 0 Å². The highest BCUT2D eigenvalue weighted by molar-refractivity contribution is 7.99. The van der Waals surface area contributed by atoms with E-state index in [9.17, 15) is 4.79 Å². The fraction of sp³-hybridized carbons (Fsp3) is 0.241. The topological polar surface area (TPSA) is 54.9 Å². The zero-order chi connectivity index (χ0) is 24.3. The van der Waals surface area contributed by atoms with Crippen LogP contribution in [0.15, 0.2) is 83.9 Å². The lowest BCUT2D eigenvalue weighted by Crippen LogP contribution is -2.49. The summed E-state index contributed by atoms with van der Waals surface area (Å²) in [5.74, 6) is 2.00. The summed E-state index contributed by atoms with van der Waals surface area (Å²) in [7, 11) is 0. The first kappa shape index (κ1) is 22.7. The van der Waals surface area contributed by atoms with Gasteiger partial charge >= 0.3 is 0 Å². The third kappa shape index (κ3) is 4.84. The molecular formula is C29H27N3O3S. The van der Waals surface area contributed by atoms with Crippen LogP contribution >= 0.6 is 11.8 Å². The Hall–Kier alpha value is -3.71. The number of amides is 1. The van der Waals surface area contributed by atoms with E-state index in [0.717, 1.165) is 59.8 Å².